The summed E-state index contributed by atoms with van der Waals surface area (Å²) >= 11 is 0. The van der Waals surface area contributed by atoms with Crippen molar-refractivity contribution in [1.29, 1.82) is 0 Å². The van der Waals surface area contributed by atoms with Gasteiger partial charge in [-0.05, 0) is 24.7 Å². The van der Waals surface area contributed by atoms with Crippen molar-refractivity contribution >= 4 is 23.7 Å². The monoisotopic (exact) mass is 398 g/mol. The van der Waals surface area contributed by atoms with Gasteiger partial charge in [-0.1, -0.05) is 40.5 Å². The Kier molecular flexibility index (Phi) is 9.37. The zero-order chi connectivity index (χ0) is 21.4. The zero-order valence-corrected chi connectivity index (χ0v) is 17.2. The van der Waals surface area contributed by atoms with E-state index >= 15 is 0 Å². The van der Waals surface area contributed by atoms with Gasteiger partial charge in [-0.2, -0.15) is 0 Å². The van der Waals surface area contributed by atoms with E-state index in [1.807, 2.05) is 20.8 Å². The Hall–Kier alpha value is -2.16. The Labute approximate surface area is 166 Å². The number of carbonyl (C=O) groups excluding carboxylic acids is 3. The van der Waals surface area contributed by atoms with Crippen LogP contribution in [-0.2, 0) is 19.2 Å². The summed E-state index contributed by atoms with van der Waals surface area (Å²) in [7, 11) is 0. The third-order valence-corrected chi connectivity index (χ3v) is 5.62. The fourth-order valence-corrected chi connectivity index (χ4v) is 3.33. The number of aliphatic carboxylic acids is 1. The smallest absolute Gasteiger partial charge is 0.326 e. The van der Waals surface area contributed by atoms with Crippen LogP contribution in [0.3, 0.4) is 0 Å². The maximum Gasteiger partial charge on any atom is 0.326 e. The normalized spacial score (nSPS) is 20.8. The molecule has 28 heavy (non-hydrogen) atoms. The average molecular weight is 399 g/mol. The van der Waals surface area contributed by atoms with E-state index in [4.69, 9.17) is 5.73 Å². The molecular weight excluding hydrogens is 364 g/mol. The first kappa shape index (κ1) is 23.9. The summed E-state index contributed by atoms with van der Waals surface area (Å²) < 4.78 is 0. The number of amides is 3. The molecule has 0 aliphatic carbocycles. The molecule has 0 aromatic heterocycles. The summed E-state index contributed by atoms with van der Waals surface area (Å²) in [6.07, 6.45) is 2.42. The number of likely N-dealkylation sites (tertiary alicyclic amines) is 1. The molecule has 0 aromatic carbocycles. The van der Waals surface area contributed by atoms with Gasteiger partial charge >= 0.3 is 5.97 Å². The molecule has 0 radical (unpaired) electrons. The van der Waals surface area contributed by atoms with Gasteiger partial charge in [0.2, 0.25) is 17.7 Å². The minimum atomic E-state index is -1.10. The number of nitrogens with zero attached hydrogens (tertiary/aromatic N) is 1. The van der Waals surface area contributed by atoms with Gasteiger partial charge in [0.25, 0.3) is 0 Å². The fourth-order valence-electron chi connectivity index (χ4n) is 3.33. The van der Waals surface area contributed by atoms with Crippen LogP contribution in [0.5, 0.6) is 0 Å². The quantitative estimate of drug-likeness (QED) is 0.411. The lowest BCUT2D eigenvalue weighted by molar-refractivity contribution is -0.144. The maximum atomic E-state index is 12.8. The molecule has 5 N–H and O–H groups in total. The number of nitrogens with two attached hydrogens (primary N) is 1. The minimum Gasteiger partial charge on any atom is -0.480 e. The Morgan fingerprint density at radius 1 is 1.07 bits per heavy atom. The second-order valence-corrected chi connectivity index (χ2v) is 7.53. The van der Waals surface area contributed by atoms with Crippen LogP contribution in [0.25, 0.3) is 0 Å². The first-order valence-corrected chi connectivity index (χ1v) is 10.0. The van der Waals surface area contributed by atoms with Crippen LogP contribution in [0.15, 0.2) is 0 Å². The maximum absolute atomic E-state index is 12.8. The number of nitrogens with one attached hydrogen (secondary N) is 2. The van der Waals surface area contributed by atoms with Crippen LogP contribution >= 0.6 is 0 Å². The molecule has 1 aliphatic rings. The van der Waals surface area contributed by atoms with Crippen molar-refractivity contribution in [1.82, 2.24) is 15.5 Å². The summed E-state index contributed by atoms with van der Waals surface area (Å²) in [5.41, 5.74) is 5.42. The third-order valence-electron chi connectivity index (χ3n) is 5.62. The first-order valence-electron chi connectivity index (χ1n) is 10.0. The van der Waals surface area contributed by atoms with Crippen molar-refractivity contribution in [2.24, 2.45) is 17.6 Å². The molecular formula is C19H34N4O5. The van der Waals surface area contributed by atoms with E-state index in [2.05, 4.69) is 10.6 Å². The molecule has 5 unspecified atom stereocenters. The summed E-state index contributed by atoms with van der Waals surface area (Å²) in [5.74, 6) is -2.78. The van der Waals surface area contributed by atoms with Crippen molar-refractivity contribution in [3.63, 3.8) is 0 Å². The highest BCUT2D eigenvalue weighted by molar-refractivity contribution is 5.94. The third kappa shape index (κ3) is 5.92. The number of carboxylic acid groups (broad SMARTS) is 1. The first-order chi connectivity index (χ1) is 13.2. The minimum absolute atomic E-state index is 0.172. The molecule has 1 heterocycles. The van der Waals surface area contributed by atoms with Crippen molar-refractivity contribution in [2.45, 2.75) is 71.5 Å². The molecule has 0 aromatic rings. The van der Waals surface area contributed by atoms with E-state index < -0.39 is 35.9 Å². The summed E-state index contributed by atoms with van der Waals surface area (Å²) in [5, 5.41) is 14.7. The predicted molar refractivity (Wildman–Crippen MR) is 104 cm³/mol. The standard InChI is InChI=1S/C19H34N4O5/c1-5-11(3)15(18(26)22-16(19(27)28)12(4)6-2)21-17(25)13-8-7-9-23(13)14(24)10-20/h11-13,15-16H,5-10,20H2,1-4H3,(H,21,25)(H,22,26)(H,27,28). The summed E-state index contributed by atoms with van der Waals surface area (Å²) in [4.78, 5) is 50.5. The number of rotatable bonds is 10. The molecule has 1 fully saturated rings. The van der Waals surface area contributed by atoms with Gasteiger partial charge in [-0.3, -0.25) is 14.4 Å². The number of carbonyl (C=O) groups is 4. The largest absolute Gasteiger partial charge is 0.480 e. The predicted octanol–water partition coefficient (Wildman–Crippen LogP) is 0.0825. The average Bonchev–Trinajstić information content (AvgIpc) is 3.17. The van der Waals surface area contributed by atoms with Gasteiger partial charge in [-0.15, -0.1) is 0 Å². The van der Waals surface area contributed by atoms with E-state index in [9.17, 15) is 24.3 Å². The fraction of sp³-hybridized carbons (Fsp3) is 0.789. The lowest BCUT2D eigenvalue weighted by Gasteiger charge is -2.30. The van der Waals surface area contributed by atoms with E-state index in [1.54, 1.807) is 6.92 Å². The van der Waals surface area contributed by atoms with Gasteiger partial charge in [0.05, 0.1) is 6.54 Å². The van der Waals surface area contributed by atoms with Crippen molar-refractivity contribution in [2.75, 3.05) is 13.1 Å². The Morgan fingerprint density at radius 2 is 1.64 bits per heavy atom. The molecule has 1 rings (SSSR count). The molecule has 0 spiro atoms. The lowest BCUT2D eigenvalue weighted by Crippen LogP contribution is -2.58. The van der Waals surface area contributed by atoms with Gasteiger partial charge < -0.3 is 26.4 Å². The highest BCUT2D eigenvalue weighted by atomic mass is 16.4. The van der Waals surface area contributed by atoms with Crippen molar-refractivity contribution in [3.05, 3.63) is 0 Å². The molecule has 160 valence electrons. The van der Waals surface area contributed by atoms with Crippen LogP contribution in [0.1, 0.15) is 53.4 Å². The van der Waals surface area contributed by atoms with Crippen LogP contribution in [0.4, 0.5) is 0 Å². The van der Waals surface area contributed by atoms with Crippen molar-refractivity contribution < 1.29 is 24.3 Å². The highest BCUT2D eigenvalue weighted by Gasteiger charge is 2.37. The van der Waals surface area contributed by atoms with E-state index in [1.165, 1.54) is 4.90 Å². The summed E-state index contributed by atoms with van der Waals surface area (Å²) in [6, 6.07) is -2.55. The second-order valence-electron chi connectivity index (χ2n) is 7.53. The Bertz CT molecular complexity index is 583. The van der Waals surface area contributed by atoms with Crippen LogP contribution in [-0.4, -0.2) is 64.9 Å². The second kappa shape index (κ2) is 11.0. The van der Waals surface area contributed by atoms with E-state index in [-0.39, 0.29) is 24.3 Å². The van der Waals surface area contributed by atoms with E-state index in [0.717, 1.165) is 0 Å². The van der Waals surface area contributed by atoms with Crippen molar-refractivity contribution in [3.8, 4) is 0 Å². The Morgan fingerprint density at radius 3 is 2.14 bits per heavy atom. The summed E-state index contributed by atoms with van der Waals surface area (Å²) in [6.45, 7) is 7.60. The topological polar surface area (TPSA) is 142 Å². The number of carboxylic acids is 1. The SMILES string of the molecule is CCC(C)C(NC(=O)C(NC(=O)C1CCCN1C(=O)CN)C(C)CC)C(=O)O. The van der Waals surface area contributed by atoms with Crippen LogP contribution in [0, 0.1) is 11.8 Å². The molecule has 9 heteroatoms. The number of hydrogen-bond donors (Lipinski definition) is 4. The Balaban J connectivity index is 2.93. The number of hydrogen-bond acceptors (Lipinski definition) is 5. The zero-order valence-electron chi connectivity index (χ0n) is 17.2. The van der Waals surface area contributed by atoms with Gasteiger partial charge in [0, 0.05) is 6.54 Å². The molecule has 0 saturated carbocycles. The van der Waals surface area contributed by atoms with Gasteiger partial charge in [0.1, 0.15) is 18.1 Å². The van der Waals surface area contributed by atoms with Gasteiger partial charge in [0.15, 0.2) is 0 Å². The van der Waals surface area contributed by atoms with E-state index in [0.29, 0.717) is 32.2 Å². The molecule has 1 saturated heterocycles. The molecule has 5 atom stereocenters. The van der Waals surface area contributed by atoms with Crippen LogP contribution in [0.2, 0.25) is 0 Å². The molecule has 1 aliphatic heterocycles. The lowest BCUT2D eigenvalue weighted by atomic mass is 9.95. The highest BCUT2D eigenvalue weighted by Crippen LogP contribution is 2.19. The molecule has 3 amide bonds. The van der Waals surface area contributed by atoms with Gasteiger partial charge in [-0.25, -0.2) is 4.79 Å². The molecule has 9 nitrogen and oxygen atoms in total. The van der Waals surface area contributed by atoms with Crippen LogP contribution < -0.4 is 16.4 Å². The molecule has 0 bridgehead atoms.